The maximum atomic E-state index is 11.9. The first-order valence-corrected chi connectivity index (χ1v) is 20.7. The summed E-state index contributed by atoms with van der Waals surface area (Å²) in [4.78, 5) is 0. The van der Waals surface area contributed by atoms with Gasteiger partial charge in [0.15, 0.2) is 16.6 Å². The van der Waals surface area contributed by atoms with Crippen LogP contribution in [0.1, 0.15) is 48.0 Å². The zero-order chi connectivity index (χ0) is 24.7. The van der Waals surface area contributed by atoms with Crippen molar-refractivity contribution in [3.63, 3.8) is 0 Å². The molecule has 1 aliphatic carbocycles. The molecule has 0 aromatic rings. The largest absolute Gasteiger partial charge is 0.408 e. The fourth-order valence-corrected chi connectivity index (χ4v) is 5.90. The van der Waals surface area contributed by atoms with Gasteiger partial charge in [-0.25, -0.2) is 0 Å². The van der Waals surface area contributed by atoms with Crippen molar-refractivity contribution in [2.45, 2.75) is 122 Å². The average molecular weight is 479 g/mol. The van der Waals surface area contributed by atoms with Gasteiger partial charge in [0.25, 0.3) is 0 Å². The Morgan fingerprint density at radius 1 is 0.935 bits per heavy atom. The van der Waals surface area contributed by atoms with Crippen molar-refractivity contribution in [2.75, 3.05) is 0 Å². The fourth-order valence-electron chi connectivity index (χ4n) is 2.85. The molecule has 0 saturated carbocycles. The standard InChI is InChI=1S/C25H46O3Si3/c1-15-17-25(26)20(16-18-29(8,9)10)19-21(27-30(11,12)23(2,3)4)22(25)28-31(13,14)24(5,6)7/h1,19,21-22,26H,17H2,2-14H3/t21-,22+,25+/m1/s1. The van der Waals surface area contributed by atoms with E-state index in [0.717, 1.165) is 0 Å². The van der Waals surface area contributed by atoms with Crippen LogP contribution in [0.15, 0.2) is 11.6 Å². The molecule has 0 aliphatic heterocycles. The van der Waals surface area contributed by atoms with E-state index in [9.17, 15) is 5.11 Å². The minimum absolute atomic E-state index is 0.00165. The van der Waals surface area contributed by atoms with Crippen LogP contribution in [0.4, 0.5) is 0 Å². The number of aliphatic hydroxyl groups is 1. The van der Waals surface area contributed by atoms with Crippen LogP contribution >= 0.6 is 0 Å². The molecule has 0 amide bonds. The number of terminal acetylenes is 1. The highest BCUT2D eigenvalue weighted by Gasteiger charge is 2.55. The van der Waals surface area contributed by atoms with Gasteiger partial charge in [-0.1, -0.05) is 67.1 Å². The molecule has 1 aliphatic rings. The third kappa shape index (κ3) is 6.69. The first-order chi connectivity index (χ1) is 13.6. The van der Waals surface area contributed by atoms with Crippen molar-refractivity contribution >= 4 is 24.7 Å². The molecule has 31 heavy (non-hydrogen) atoms. The predicted octanol–water partition coefficient (Wildman–Crippen LogP) is 6.34. The summed E-state index contributed by atoms with van der Waals surface area (Å²) in [5.74, 6) is 5.99. The molecule has 0 aromatic heterocycles. The lowest BCUT2D eigenvalue weighted by Crippen LogP contribution is -2.57. The van der Waals surface area contributed by atoms with Gasteiger partial charge in [0.2, 0.25) is 0 Å². The maximum absolute atomic E-state index is 11.9. The lowest BCUT2D eigenvalue weighted by molar-refractivity contribution is -0.0605. The lowest BCUT2D eigenvalue weighted by atomic mass is 9.90. The molecule has 1 N–H and O–H groups in total. The molecule has 0 aromatic carbocycles. The Bertz CT molecular complexity index is 790. The minimum Gasteiger partial charge on any atom is -0.408 e. The zero-order valence-electron chi connectivity index (χ0n) is 22.3. The quantitative estimate of drug-likeness (QED) is 0.370. The van der Waals surface area contributed by atoms with Gasteiger partial charge >= 0.3 is 0 Å². The lowest BCUT2D eigenvalue weighted by Gasteiger charge is -2.46. The normalized spacial score (nSPS) is 25.5. The van der Waals surface area contributed by atoms with E-state index >= 15 is 0 Å². The molecule has 176 valence electrons. The smallest absolute Gasteiger partial charge is 0.193 e. The summed E-state index contributed by atoms with van der Waals surface area (Å²) in [7, 11) is -5.96. The van der Waals surface area contributed by atoms with Gasteiger partial charge in [0.1, 0.15) is 19.8 Å². The van der Waals surface area contributed by atoms with Crippen molar-refractivity contribution in [1.29, 1.82) is 0 Å². The topological polar surface area (TPSA) is 38.7 Å². The van der Waals surface area contributed by atoms with Gasteiger partial charge in [-0.15, -0.1) is 17.9 Å². The van der Waals surface area contributed by atoms with Crippen molar-refractivity contribution in [1.82, 2.24) is 0 Å². The molecular weight excluding hydrogens is 433 g/mol. The summed E-state index contributed by atoms with van der Waals surface area (Å²) < 4.78 is 13.7. The monoisotopic (exact) mass is 478 g/mol. The van der Waals surface area contributed by atoms with Gasteiger partial charge in [-0.2, -0.15) is 0 Å². The summed E-state index contributed by atoms with van der Waals surface area (Å²) in [5.41, 5.74) is 2.75. The summed E-state index contributed by atoms with van der Waals surface area (Å²) in [5, 5.41) is 12.0. The van der Waals surface area contributed by atoms with Crippen LogP contribution < -0.4 is 0 Å². The summed E-state index contributed by atoms with van der Waals surface area (Å²) >= 11 is 0. The second-order valence-electron chi connectivity index (χ2n) is 13.0. The van der Waals surface area contributed by atoms with Crippen LogP contribution in [0.3, 0.4) is 0 Å². The molecule has 1 rings (SSSR count). The molecule has 0 heterocycles. The molecule has 3 nitrogen and oxygen atoms in total. The highest BCUT2D eigenvalue weighted by Crippen LogP contribution is 2.46. The first-order valence-electron chi connectivity index (χ1n) is 11.3. The second-order valence-corrected chi connectivity index (χ2v) is 27.3. The average Bonchev–Trinajstić information content (AvgIpc) is 2.75. The molecule has 3 atom stereocenters. The summed E-state index contributed by atoms with van der Waals surface area (Å²) in [6, 6.07) is 0. The van der Waals surface area contributed by atoms with E-state index in [2.05, 4.69) is 105 Å². The molecular formula is C25H46O3Si3. The Morgan fingerprint density at radius 2 is 1.39 bits per heavy atom. The maximum Gasteiger partial charge on any atom is 0.193 e. The van der Waals surface area contributed by atoms with E-state index in [0.29, 0.717) is 5.57 Å². The fraction of sp³-hybridized carbons (Fsp3) is 0.760. The van der Waals surface area contributed by atoms with E-state index < -0.39 is 36.4 Å². The number of hydrogen-bond donors (Lipinski definition) is 1. The Balaban J connectivity index is 3.60. The van der Waals surface area contributed by atoms with Crippen LogP contribution in [0.5, 0.6) is 0 Å². The SMILES string of the molecule is C#CC[C@]1(O)C(C#C[Si](C)(C)C)=C[C@@H](O[Si](C)(C)C(C)(C)C)[C@@H]1O[Si](C)(C)C(C)(C)C. The van der Waals surface area contributed by atoms with E-state index in [1.54, 1.807) is 0 Å². The van der Waals surface area contributed by atoms with Crippen LogP contribution in [-0.2, 0) is 8.85 Å². The van der Waals surface area contributed by atoms with Crippen LogP contribution in [0, 0.1) is 23.8 Å². The summed E-state index contributed by atoms with van der Waals surface area (Å²) in [6.45, 7) is 28.8. The predicted molar refractivity (Wildman–Crippen MR) is 142 cm³/mol. The van der Waals surface area contributed by atoms with E-state index in [1.807, 2.05) is 6.08 Å². The van der Waals surface area contributed by atoms with Gasteiger partial charge in [-0.3, -0.25) is 0 Å². The van der Waals surface area contributed by atoms with Gasteiger partial charge in [-0.05, 0) is 42.3 Å². The molecule has 0 fully saturated rings. The Morgan fingerprint density at radius 3 is 1.77 bits per heavy atom. The Hall–Kier alpha value is -0.609. The van der Waals surface area contributed by atoms with Crippen molar-refractivity contribution < 1.29 is 14.0 Å². The number of hydrogen-bond acceptors (Lipinski definition) is 3. The van der Waals surface area contributed by atoms with E-state index in [-0.39, 0.29) is 22.6 Å². The third-order valence-corrected chi connectivity index (χ3v) is 16.8. The van der Waals surface area contributed by atoms with Gasteiger partial charge in [0.05, 0.1) is 6.10 Å². The molecule has 6 heteroatoms. The second kappa shape index (κ2) is 8.97. The van der Waals surface area contributed by atoms with E-state index in [1.165, 1.54) is 0 Å². The number of rotatable bonds is 5. The molecule has 0 saturated heterocycles. The van der Waals surface area contributed by atoms with Crippen LogP contribution in [-0.4, -0.2) is 47.6 Å². The molecule has 0 spiro atoms. The van der Waals surface area contributed by atoms with E-state index in [4.69, 9.17) is 15.3 Å². The van der Waals surface area contributed by atoms with Gasteiger partial charge in [0, 0.05) is 12.0 Å². The molecule has 0 unspecified atom stereocenters. The molecule has 0 bridgehead atoms. The van der Waals surface area contributed by atoms with Crippen LogP contribution in [0.2, 0.25) is 55.9 Å². The summed E-state index contributed by atoms with van der Waals surface area (Å²) in [6.07, 6.45) is 6.99. The highest BCUT2D eigenvalue weighted by molar-refractivity contribution is 6.84. The Kier molecular flexibility index (Phi) is 8.22. The van der Waals surface area contributed by atoms with Crippen molar-refractivity contribution in [3.8, 4) is 23.8 Å². The zero-order valence-corrected chi connectivity index (χ0v) is 25.3. The minimum atomic E-state index is -2.21. The van der Waals surface area contributed by atoms with Crippen molar-refractivity contribution in [2.24, 2.45) is 0 Å². The molecule has 0 radical (unpaired) electrons. The third-order valence-electron chi connectivity index (χ3n) is 6.97. The highest BCUT2D eigenvalue weighted by atomic mass is 28.4. The van der Waals surface area contributed by atoms with Crippen LogP contribution in [0.25, 0.3) is 0 Å². The van der Waals surface area contributed by atoms with Gasteiger partial charge < -0.3 is 14.0 Å². The van der Waals surface area contributed by atoms with Crippen molar-refractivity contribution in [3.05, 3.63) is 11.6 Å². The first kappa shape index (κ1) is 28.4. The Labute approximate surface area is 195 Å².